The number of pyridine rings is 2. The molecule has 2 aromatic heterocycles. The van der Waals surface area contributed by atoms with Gasteiger partial charge in [-0.1, -0.05) is 38.1 Å². The zero-order valence-corrected chi connectivity index (χ0v) is 19.0. The number of hydrogen-bond donors (Lipinski definition) is 0. The van der Waals surface area contributed by atoms with Crippen LogP contribution in [0.3, 0.4) is 0 Å². The monoisotopic (exact) mass is 427 g/mol. The lowest BCUT2D eigenvalue weighted by Gasteiger charge is -2.30. The van der Waals surface area contributed by atoms with Crippen molar-refractivity contribution in [3.63, 3.8) is 0 Å². The fourth-order valence-electron chi connectivity index (χ4n) is 4.44. The second-order valence-corrected chi connectivity index (χ2v) is 8.52. The summed E-state index contributed by atoms with van der Waals surface area (Å²) in [6.45, 7) is 10.2. The highest BCUT2D eigenvalue weighted by Crippen LogP contribution is 2.37. The topological polar surface area (TPSA) is 47.5 Å². The molecule has 1 aliphatic heterocycles. The first-order valence-corrected chi connectivity index (χ1v) is 11.4. The van der Waals surface area contributed by atoms with Crippen LogP contribution in [-0.4, -0.2) is 42.9 Å². The van der Waals surface area contributed by atoms with Crippen molar-refractivity contribution in [2.75, 3.05) is 37.8 Å². The summed E-state index contributed by atoms with van der Waals surface area (Å²) in [4.78, 5) is 12.3. The third-order valence-electron chi connectivity index (χ3n) is 6.05. The highest BCUT2D eigenvalue weighted by atomic mass is 16.5. The molecule has 1 saturated heterocycles. The van der Waals surface area contributed by atoms with Crippen LogP contribution in [0.15, 0.2) is 54.6 Å². The normalized spacial score (nSPS) is 14.4. The maximum Gasteiger partial charge on any atom is 0.213 e. The number of rotatable bonds is 5. The molecule has 2 aromatic carbocycles. The summed E-state index contributed by atoms with van der Waals surface area (Å²) in [6.07, 6.45) is 0. The molecule has 5 rings (SSSR count). The Labute approximate surface area is 189 Å². The van der Waals surface area contributed by atoms with Gasteiger partial charge in [-0.25, -0.2) is 9.97 Å². The SMILES string of the molecule is CCOc1ccc2c(C(C)C)cc(-c3cc4ccccc4nc3N3CCOCC3)cc2n1. The lowest BCUT2D eigenvalue weighted by Crippen LogP contribution is -2.37. The van der Waals surface area contributed by atoms with Crippen molar-refractivity contribution < 1.29 is 9.47 Å². The molecule has 5 nitrogen and oxygen atoms in total. The van der Waals surface area contributed by atoms with Gasteiger partial charge in [0, 0.05) is 35.5 Å². The minimum atomic E-state index is 0.373. The third-order valence-corrected chi connectivity index (χ3v) is 6.05. The number of fused-ring (bicyclic) bond motifs is 2. The van der Waals surface area contributed by atoms with E-state index in [0.717, 1.165) is 59.7 Å². The molecule has 0 aliphatic carbocycles. The number of anilines is 1. The van der Waals surface area contributed by atoms with E-state index in [2.05, 4.69) is 61.2 Å². The second-order valence-electron chi connectivity index (χ2n) is 8.52. The number of nitrogens with zero attached hydrogens (tertiary/aromatic N) is 3. The van der Waals surface area contributed by atoms with E-state index in [9.17, 15) is 0 Å². The van der Waals surface area contributed by atoms with Crippen LogP contribution in [0.2, 0.25) is 0 Å². The van der Waals surface area contributed by atoms with Gasteiger partial charge in [0.05, 0.1) is 30.9 Å². The summed E-state index contributed by atoms with van der Waals surface area (Å²) in [6, 6.07) is 19.2. The average Bonchev–Trinajstić information content (AvgIpc) is 2.83. The van der Waals surface area contributed by atoms with Gasteiger partial charge in [-0.2, -0.15) is 0 Å². The molecule has 32 heavy (non-hydrogen) atoms. The van der Waals surface area contributed by atoms with Gasteiger partial charge in [0.15, 0.2) is 0 Å². The van der Waals surface area contributed by atoms with Gasteiger partial charge in [-0.15, -0.1) is 0 Å². The Balaban J connectivity index is 1.75. The smallest absolute Gasteiger partial charge is 0.213 e. The van der Waals surface area contributed by atoms with Gasteiger partial charge in [0.2, 0.25) is 5.88 Å². The van der Waals surface area contributed by atoms with Crippen molar-refractivity contribution >= 4 is 27.6 Å². The van der Waals surface area contributed by atoms with Gasteiger partial charge >= 0.3 is 0 Å². The highest BCUT2D eigenvalue weighted by molar-refractivity contribution is 5.94. The number of para-hydroxylation sites is 1. The van der Waals surface area contributed by atoms with E-state index in [0.29, 0.717) is 18.4 Å². The molecule has 4 aromatic rings. The average molecular weight is 428 g/mol. The standard InChI is InChI=1S/C27H29N3O2/c1-4-32-26-10-9-21-22(18(2)3)16-20(17-25(21)28-26)23-15-19-7-5-6-8-24(19)29-27(23)30-11-13-31-14-12-30/h5-10,15-18H,4,11-14H2,1-3H3. The zero-order valence-electron chi connectivity index (χ0n) is 19.0. The van der Waals surface area contributed by atoms with Crippen LogP contribution in [0.5, 0.6) is 5.88 Å². The molecule has 3 heterocycles. The summed E-state index contributed by atoms with van der Waals surface area (Å²) >= 11 is 0. The quantitative estimate of drug-likeness (QED) is 0.402. The molecule has 164 valence electrons. The maximum absolute atomic E-state index is 5.69. The Morgan fingerprint density at radius 2 is 1.78 bits per heavy atom. The van der Waals surface area contributed by atoms with E-state index in [1.165, 1.54) is 10.9 Å². The zero-order chi connectivity index (χ0) is 22.1. The van der Waals surface area contributed by atoms with E-state index < -0.39 is 0 Å². The molecule has 1 fully saturated rings. The summed E-state index contributed by atoms with van der Waals surface area (Å²) in [5.41, 5.74) is 5.53. The van der Waals surface area contributed by atoms with Crippen molar-refractivity contribution in [3.8, 4) is 17.0 Å². The van der Waals surface area contributed by atoms with Gasteiger partial charge in [-0.05, 0) is 48.2 Å². The molecular formula is C27H29N3O2. The Bertz CT molecular complexity index is 1260. The fourth-order valence-corrected chi connectivity index (χ4v) is 4.44. The number of morpholine rings is 1. The lowest BCUT2D eigenvalue weighted by atomic mass is 9.92. The second kappa shape index (κ2) is 8.75. The molecular weight excluding hydrogens is 398 g/mol. The summed E-state index contributed by atoms with van der Waals surface area (Å²) in [5, 5.41) is 2.32. The molecule has 0 atom stereocenters. The number of ether oxygens (including phenoxy) is 2. The molecule has 1 aliphatic rings. The maximum atomic E-state index is 5.69. The van der Waals surface area contributed by atoms with Crippen LogP contribution in [0, 0.1) is 0 Å². The molecule has 0 bridgehead atoms. The Kier molecular flexibility index (Phi) is 5.66. The summed E-state index contributed by atoms with van der Waals surface area (Å²) in [7, 11) is 0. The first-order valence-electron chi connectivity index (χ1n) is 11.4. The largest absolute Gasteiger partial charge is 0.478 e. The molecule has 0 N–H and O–H groups in total. The molecule has 0 saturated carbocycles. The third kappa shape index (κ3) is 3.89. The van der Waals surface area contributed by atoms with Crippen LogP contribution >= 0.6 is 0 Å². The van der Waals surface area contributed by atoms with Gasteiger partial charge in [0.1, 0.15) is 5.82 Å². The molecule has 0 radical (unpaired) electrons. The minimum Gasteiger partial charge on any atom is -0.478 e. The Morgan fingerprint density at radius 1 is 0.969 bits per heavy atom. The number of aromatic nitrogens is 2. The van der Waals surface area contributed by atoms with Gasteiger partial charge < -0.3 is 14.4 Å². The van der Waals surface area contributed by atoms with Gasteiger partial charge in [0.25, 0.3) is 0 Å². The van der Waals surface area contributed by atoms with Crippen molar-refractivity contribution in [1.29, 1.82) is 0 Å². The molecule has 0 unspecified atom stereocenters. The van der Waals surface area contributed by atoms with E-state index in [1.807, 2.05) is 19.1 Å². The molecule has 0 spiro atoms. The molecule has 0 amide bonds. The summed E-state index contributed by atoms with van der Waals surface area (Å²) < 4.78 is 11.3. The minimum absolute atomic E-state index is 0.373. The van der Waals surface area contributed by atoms with Crippen LogP contribution < -0.4 is 9.64 Å². The predicted octanol–water partition coefficient (Wildman–Crippen LogP) is 5.81. The van der Waals surface area contributed by atoms with E-state index in [-0.39, 0.29) is 0 Å². The number of benzene rings is 2. The Hall–Kier alpha value is -3.18. The molecule has 5 heteroatoms. The van der Waals surface area contributed by atoms with Crippen molar-refractivity contribution in [3.05, 3.63) is 60.2 Å². The fraction of sp³-hybridized carbons (Fsp3) is 0.333. The van der Waals surface area contributed by atoms with Crippen LogP contribution in [-0.2, 0) is 4.74 Å². The predicted molar refractivity (Wildman–Crippen MR) is 131 cm³/mol. The van der Waals surface area contributed by atoms with Crippen molar-refractivity contribution in [1.82, 2.24) is 9.97 Å². The van der Waals surface area contributed by atoms with Crippen molar-refractivity contribution in [2.45, 2.75) is 26.7 Å². The number of hydrogen-bond acceptors (Lipinski definition) is 5. The van der Waals surface area contributed by atoms with Crippen LogP contribution in [0.1, 0.15) is 32.3 Å². The first-order chi connectivity index (χ1) is 15.6. The first kappa shape index (κ1) is 20.7. The van der Waals surface area contributed by atoms with Gasteiger partial charge in [-0.3, -0.25) is 0 Å². The van der Waals surface area contributed by atoms with E-state index in [4.69, 9.17) is 19.4 Å². The van der Waals surface area contributed by atoms with Crippen LogP contribution in [0.25, 0.3) is 32.9 Å². The van der Waals surface area contributed by atoms with Crippen molar-refractivity contribution in [2.24, 2.45) is 0 Å². The van der Waals surface area contributed by atoms with Crippen LogP contribution in [0.4, 0.5) is 5.82 Å². The summed E-state index contributed by atoms with van der Waals surface area (Å²) in [5.74, 6) is 2.05. The Morgan fingerprint density at radius 3 is 2.56 bits per heavy atom. The highest BCUT2D eigenvalue weighted by Gasteiger charge is 2.20. The lowest BCUT2D eigenvalue weighted by molar-refractivity contribution is 0.122. The van der Waals surface area contributed by atoms with E-state index in [1.54, 1.807) is 0 Å². The van der Waals surface area contributed by atoms with E-state index >= 15 is 0 Å².